The monoisotopic (exact) mass is 477 g/mol. The summed E-state index contributed by atoms with van der Waals surface area (Å²) < 4.78 is 33.8. The second kappa shape index (κ2) is 8.58. The normalized spacial score (nSPS) is 16.4. The molecule has 1 amide bonds. The van der Waals surface area contributed by atoms with Crippen LogP contribution in [0, 0.1) is 0 Å². The van der Waals surface area contributed by atoms with Gasteiger partial charge in [0.25, 0.3) is 5.56 Å². The van der Waals surface area contributed by atoms with E-state index in [0.29, 0.717) is 30.6 Å². The smallest absolute Gasteiger partial charge is 0.255 e. The summed E-state index contributed by atoms with van der Waals surface area (Å²) in [4.78, 5) is 29.4. The Labute approximate surface area is 196 Å². The highest BCUT2D eigenvalue weighted by molar-refractivity contribution is 7.89. The number of fused-ring (bicyclic) bond motifs is 2. The molecule has 1 aliphatic heterocycles. The number of pyridine rings is 1. The minimum Gasteiger partial charge on any atom is -0.497 e. The second-order valence-corrected chi connectivity index (χ2v) is 10.0. The largest absolute Gasteiger partial charge is 0.497 e. The molecule has 1 fully saturated rings. The van der Waals surface area contributed by atoms with Crippen molar-refractivity contribution in [2.24, 2.45) is 0 Å². The zero-order valence-electron chi connectivity index (χ0n) is 18.4. The van der Waals surface area contributed by atoms with Gasteiger partial charge in [-0.3, -0.25) is 9.59 Å². The van der Waals surface area contributed by atoms with E-state index in [4.69, 9.17) is 4.74 Å². The number of methoxy groups -OCH3 is 1. The molecule has 1 aliphatic rings. The van der Waals surface area contributed by atoms with Gasteiger partial charge in [-0.2, -0.15) is 4.72 Å². The maximum absolute atomic E-state index is 13.0. The number of likely N-dealkylation sites (tertiary alicyclic amines) is 1. The topological polar surface area (TPSA) is 109 Å². The van der Waals surface area contributed by atoms with Gasteiger partial charge in [0.1, 0.15) is 11.8 Å². The molecule has 1 unspecified atom stereocenters. The number of aromatic amines is 1. The van der Waals surface area contributed by atoms with Crippen molar-refractivity contribution >= 4 is 37.5 Å². The van der Waals surface area contributed by atoms with Gasteiger partial charge in [-0.15, -0.1) is 0 Å². The van der Waals surface area contributed by atoms with Gasteiger partial charge in [-0.25, -0.2) is 8.42 Å². The average Bonchev–Trinajstić information content (AvgIpc) is 3.17. The lowest BCUT2D eigenvalue weighted by molar-refractivity contribution is -0.129. The highest BCUT2D eigenvalue weighted by atomic mass is 32.2. The zero-order valence-corrected chi connectivity index (χ0v) is 19.3. The molecule has 9 heteroatoms. The van der Waals surface area contributed by atoms with E-state index in [-0.39, 0.29) is 16.4 Å². The first-order valence-corrected chi connectivity index (χ1v) is 12.3. The van der Waals surface area contributed by atoms with E-state index in [1.54, 1.807) is 42.5 Å². The molecule has 1 aromatic heterocycles. The van der Waals surface area contributed by atoms with Crippen LogP contribution in [-0.2, 0) is 21.4 Å². The standard InChI is InChI=1S/C25H23N3O5S/c1-33-20-6-4-17-5-7-21(14-19(17)13-20)34(31,32)27-23-9-11-28(25(23)30)15-16-2-3-18-8-10-26-24(29)22(18)12-16/h2-8,10,12-14,23,27H,9,11,15H2,1H3,(H,26,29). The molecule has 34 heavy (non-hydrogen) atoms. The van der Waals surface area contributed by atoms with Crippen LogP contribution < -0.4 is 15.0 Å². The summed E-state index contributed by atoms with van der Waals surface area (Å²) in [5, 5.41) is 2.99. The number of nitrogens with one attached hydrogen (secondary N) is 2. The van der Waals surface area contributed by atoms with Gasteiger partial charge in [-0.1, -0.05) is 24.3 Å². The molecular weight excluding hydrogens is 454 g/mol. The van der Waals surface area contributed by atoms with Crippen LogP contribution in [0.3, 0.4) is 0 Å². The third kappa shape index (κ3) is 4.15. The number of hydrogen-bond donors (Lipinski definition) is 2. The van der Waals surface area contributed by atoms with Crippen molar-refractivity contribution in [1.82, 2.24) is 14.6 Å². The predicted octanol–water partition coefficient (Wildman–Crippen LogP) is 2.77. The number of carbonyl (C=O) groups excluding carboxylic acids is 1. The van der Waals surface area contributed by atoms with Crippen LogP contribution in [0.2, 0.25) is 0 Å². The van der Waals surface area contributed by atoms with Crippen LogP contribution in [0.4, 0.5) is 0 Å². The third-order valence-electron chi connectivity index (χ3n) is 6.14. The highest BCUT2D eigenvalue weighted by Gasteiger charge is 2.35. The number of ether oxygens (including phenoxy) is 1. The molecule has 0 spiro atoms. The van der Waals surface area contributed by atoms with Crippen LogP contribution >= 0.6 is 0 Å². The third-order valence-corrected chi connectivity index (χ3v) is 7.61. The summed E-state index contributed by atoms with van der Waals surface area (Å²) in [5.41, 5.74) is 0.621. The lowest BCUT2D eigenvalue weighted by Gasteiger charge is -2.18. The fourth-order valence-corrected chi connectivity index (χ4v) is 5.57. The van der Waals surface area contributed by atoms with E-state index in [1.165, 1.54) is 6.07 Å². The summed E-state index contributed by atoms with van der Waals surface area (Å²) >= 11 is 0. The summed E-state index contributed by atoms with van der Waals surface area (Å²) in [6, 6.07) is 16.7. The molecule has 3 aromatic carbocycles. The number of aromatic nitrogens is 1. The number of amides is 1. The Balaban J connectivity index is 1.33. The number of H-pyrrole nitrogens is 1. The van der Waals surface area contributed by atoms with Gasteiger partial charge < -0.3 is 14.6 Å². The molecule has 0 radical (unpaired) electrons. The first-order valence-electron chi connectivity index (χ1n) is 10.8. The Hall–Kier alpha value is -3.69. The Kier molecular flexibility index (Phi) is 5.59. The van der Waals surface area contributed by atoms with Crippen molar-refractivity contribution in [3.63, 3.8) is 0 Å². The molecule has 2 N–H and O–H groups in total. The van der Waals surface area contributed by atoms with E-state index in [2.05, 4.69) is 9.71 Å². The van der Waals surface area contributed by atoms with E-state index >= 15 is 0 Å². The Morgan fingerprint density at radius 2 is 1.79 bits per heavy atom. The van der Waals surface area contributed by atoms with Crippen LogP contribution in [0.15, 0.2) is 76.6 Å². The fraction of sp³-hybridized carbons (Fsp3) is 0.200. The van der Waals surface area contributed by atoms with E-state index < -0.39 is 16.1 Å². The predicted molar refractivity (Wildman–Crippen MR) is 129 cm³/mol. The fourth-order valence-electron chi connectivity index (χ4n) is 4.31. The highest BCUT2D eigenvalue weighted by Crippen LogP contribution is 2.25. The van der Waals surface area contributed by atoms with E-state index in [1.807, 2.05) is 30.3 Å². The summed E-state index contributed by atoms with van der Waals surface area (Å²) in [5.74, 6) is 0.348. The summed E-state index contributed by atoms with van der Waals surface area (Å²) in [7, 11) is -2.35. The van der Waals surface area contributed by atoms with Crippen LogP contribution in [-0.4, -0.2) is 43.9 Å². The number of rotatable bonds is 6. The van der Waals surface area contributed by atoms with E-state index in [0.717, 1.165) is 21.7 Å². The van der Waals surface area contributed by atoms with Crippen molar-refractivity contribution in [3.05, 3.63) is 82.8 Å². The maximum atomic E-state index is 13.0. The molecule has 4 aromatic rings. The molecule has 1 saturated heterocycles. The van der Waals surface area contributed by atoms with Crippen molar-refractivity contribution in [2.45, 2.75) is 23.9 Å². The number of sulfonamides is 1. The van der Waals surface area contributed by atoms with E-state index in [9.17, 15) is 18.0 Å². The Morgan fingerprint density at radius 3 is 2.62 bits per heavy atom. The van der Waals surface area contributed by atoms with Crippen LogP contribution in [0.5, 0.6) is 5.75 Å². The lowest BCUT2D eigenvalue weighted by atomic mass is 10.1. The number of benzene rings is 3. The molecule has 0 saturated carbocycles. The number of carbonyl (C=O) groups is 1. The van der Waals surface area contributed by atoms with Crippen molar-refractivity contribution in [1.29, 1.82) is 0 Å². The minimum absolute atomic E-state index is 0.0910. The van der Waals surface area contributed by atoms with Crippen LogP contribution in [0.1, 0.15) is 12.0 Å². The molecule has 5 rings (SSSR count). The van der Waals surface area contributed by atoms with Gasteiger partial charge >= 0.3 is 0 Å². The average molecular weight is 478 g/mol. The molecule has 0 aliphatic carbocycles. The Morgan fingerprint density at radius 1 is 1.00 bits per heavy atom. The maximum Gasteiger partial charge on any atom is 0.255 e. The lowest BCUT2D eigenvalue weighted by Crippen LogP contribution is -2.41. The quantitative estimate of drug-likeness (QED) is 0.444. The molecule has 8 nitrogen and oxygen atoms in total. The van der Waals surface area contributed by atoms with Crippen molar-refractivity contribution in [3.8, 4) is 5.75 Å². The molecular formula is C25H23N3O5S. The van der Waals surface area contributed by atoms with Gasteiger partial charge in [0.05, 0.1) is 12.0 Å². The van der Waals surface area contributed by atoms with Crippen molar-refractivity contribution < 1.29 is 17.9 Å². The second-order valence-electron chi connectivity index (χ2n) is 8.33. The Bertz CT molecular complexity index is 1580. The summed E-state index contributed by atoms with van der Waals surface area (Å²) in [6.07, 6.45) is 1.96. The van der Waals surface area contributed by atoms with Gasteiger partial charge in [-0.05, 0) is 64.5 Å². The minimum atomic E-state index is -3.90. The molecule has 0 bridgehead atoms. The first kappa shape index (κ1) is 22.1. The number of hydrogen-bond acceptors (Lipinski definition) is 5. The zero-order chi connectivity index (χ0) is 23.9. The number of nitrogens with zero attached hydrogens (tertiary/aromatic N) is 1. The molecule has 1 atom stereocenters. The first-order chi connectivity index (χ1) is 16.3. The van der Waals surface area contributed by atoms with Gasteiger partial charge in [0.15, 0.2) is 0 Å². The SMILES string of the molecule is COc1ccc2ccc(S(=O)(=O)NC3CCN(Cc4ccc5cc[nH]c(=O)c5c4)C3=O)cc2c1. The molecule has 2 heterocycles. The summed E-state index contributed by atoms with van der Waals surface area (Å²) in [6.45, 7) is 0.723. The van der Waals surface area contributed by atoms with Gasteiger partial charge in [0.2, 0.25) is 15.9 Å². The molecule has 174 valence electrons. The van der Waals surface area contributed by atoms with Gasteiger partial charge in [0, 0.05) is 24.7 Å². The van der Waals surface area contributed by atoms with Crippen LogP contribution in [0.25, 0.3) is 21.5 Å². The van der Waals surface area contributed by atoms with Crippen molar-refractivity contribution in [2.75, 3.05) is 13.7 Å².